The summed E-state index contributed by atoms with van der Waals surface area (Å²) in [5.74, 6) is 3.17. The van der Waals surface area contributed by atoms with Crippen LogP contribution in [-0.2, 0) is 6.42 Å². The predicted molar refractivity (Wildman–Crippen MR) is 81.2 cm³/mol. The molecule has 6 aliphatic carbocycles. The first kappa shape index (κ1) is 12.5. The summed E-state index contributed by atoms with van der Waals surface area (Å²) in [6, 6.07) is 3.99. The zero-order chi connectivity index (χ0) is 14.4. The Labute approximate surface area is 126 Å². The molecule has 8 bridgehead atoms. The molecule has 1 aromatic carbocycles. The normalized spacial score (nSPS) is 46.3. The van der Waals surface area contributed by atoms with E-state index in [4.69, 9.17) is 0 Å². The summed E-state index contributed by atoms with van der Waals surface area (Å²) in [6.07, 6.45) is 6.78. The molecular formula is C19H24O2. The second kappa shape index (κ2) is 3.84. The van der Waals surface area contributed by atoms with Gasteiger partial charge in [0.1, 0.15) is 5.75 Å². The summed E-state index contributed by atoms with van der Waals surface area (Å²) < 4.78 is 0. The largest absolute Gasteiger partial charge is 0.508 e. The fourth-order valence-corrected chi connectivity index (χ4v) is 6.67. The van der Waals surface area contributed by atoms with Gasteiger partial charge in [-0.25, -0.2) is 0 Å². The van der Waals surface area contributed by atoms with Crippen molar-refractivity contribution < 1.29 is 10.2 Å². The number of benzene rings is 1. The van der Waals surface area contributed by atoms with Crippen LogP contribution < -0.4 is 0 Å². The molecule has 0 radical (unpaired) electrons. The summed E-state index contributed by atoms with van der Waals surface area (Å²) in [4.78, 5) is 0. The Hall–Kier alpha value is -1.02. The number of fused-ring (bicyclic) bond motifs is 2. The number of rotatable bonds is 0. The van der Waals surface area contributed by atoms with Gasteiger partial charge in [0.25, 0.3) is 0 Å². The third kappa shape index (κ3) is 1.38. The minimum absolute atomic E-state index is 0.356. The van der Waals surface area contributed by atoms with Crippen molar-refractivity contribution in [1.29, 1.82) is 0 Å². The SMILES string of the molecule is C[C@]12CCC3c4ccc(O)c5c4[C@H](O)C[C@H]3[C@H]1CCC2C5. The fourth-order valence-electron chi connectivity index (χ4n) is 6.67. The molecule has 6 aliphatic rings. The van der Waals surface area contributed by atoms with Crippen molar-refractivity contribution in [3.05, 3.63) is 28.8 Å². The van der Waals surface area contributed by atoms with E-state index in [1.165, 1.54) is 31.2 Å². The van der Waals surface area contributed by atoms with Crippen molar-refractivity contribution in [2.24, 2.45) is 23.2 Å². The fraction of sp³-hybridized carbons (Fsp3) is 0.684. The van der Waals surface area contributed by atoms with E-state index in [0.29, 0.717) is 28.9 Å². The van der Waals surface area contributed by atoms with Gasteiger partial charge in [0.15, 0.2) is 0 Å². The average Bonchev–Trinajstić information content (AvgIpc) is 2.81. The molecule has 6 atom stereocenters. The van der Waals surface area contributed by atoms with E-state index in [1.807, 2.05) is 6.07 Å². The van der Waals surface area contributed by atoms with Gasteiger partial charge in [-0.3, -0.25) is 0 Å². The molecule has 0 aliphatic heterocycles. The molecule has 1 aromatic rings. The molecule has 21 heavy (non-hydrogen) atoms. The highest BCUT2D eigenvalue weighted by Gasteiger charge is 2.57. The van der Waals surface area contributed by atoms with Crippen LogP contribution in [0.1, 0.15) is 67.7 Å². The third-order valence-electron chi connectivity index (χ3n) is 7.68. The first-order valence-electron chi connectivity index (χ1n) is 8.62. The molecule has 2 nitrogen and oxygen atoms in total. The maximum Gasteiger partial charge on any atom is 0.119 e. The molecule has 0 heterocycles. The van der Waals surface area contributed by atoms with Crippen LogP contribution in [-0.4, -0.2) is 10.2 Å². The molecule has 2 heteroatoms. The van der Waals surface area contributed by atoms with E-state index in [-0.39, 0.29) is 6.10 Å². The number of hydrogen-bond acceptors (Lipinski definition) is 2. The van der Waals surface area contributed by atoms with Gasteiger partial charge < -0.3 is 10.2 Å². The lowest BCUT2D eigenvalue weighted by Crippen LogP contribution is -2.42. The van der Waals surface area contributed by atoms with Crippen LogP contribution in [0.3, 0.4) is 0 Å². The van der Waals surface area contributed by atoms with Crippen LogP contribution in [0.2, 0.25) is 0 Å². The standard InChI is InChI=1S/C19H24O2/c1-19-7-6-11-12-3-5-16(20)14-8-10(19)2-4-15(19)13(11)9-17(21)18(12)14/h3,5,10-11,13,15,17,20-21H,2,4,6-9H2,1H3/t10?,11?,13-,15-,17-,19-/m1/s1. The first-order valence-corrected chi connectivity index (χ1v) is 8.62. The number of phenolic OH excluding ortho intramolecular Hbond substituents is 1. The summed E-state index contributed by atoms with van der Waals surface area (Å²) in [5, 5.41) is 21.2. The first-order chi connectivity index (χ1) is 10.1. The van der Waals surface area contributed by atoms with Crippen molar-refractivity contribution in [3.63, 3.8) is 0 Å². The van der Waals surface area contributed by atoms with E-state index in [2.05, 4.69) is 13.0 Å². The van der Waals surface area contributed by atoms with E-state index in [0.717, 1.165) is 29.9 Å². The van der Waals surface area contributed by atoms with E-state index >= 15 is 0 Å². The van der Waals surface area contributed by atoms with Crippen LogP contribution >= 0.6 is 0 Å². The molecule has 2 unspecified atom stereocenters. The summed E-state index contributed by atoms with van der Waals surface area (Å²) >= 11 is 0. The Kier molecular flexibility index (Phi) is 2.29. The van der Waals surface area contributed by atoms with Gasteiger partial charge in [-0.1, -0.05) is 13.0 Å². The molecule has 112 valence electrons. The number of aliphatic hydroxyl groups excluding tert-OH is 1. The van der Waals surface area contributed by atoms with Gasteiger partial charge in [0, 0.05) is 5.56 Å². The second-order valence-electron chi connectivity index (χ2n) is 8.22. The molecule has 7 rings (SSSR count). The van der Waals surface area contributed by atoms with Gasteiger partial charge in [0.05, 0.1) is 6.10 Å². The lowest BCUT2D eigenvalue weighted by Gasteiger charge is -2.50. The Morgan fingerprint density at radius 3 is 2.90 bits per heavy atom. The van der Waals surface area contributed by atoms with Crippen molar-refractivity contribution >= 4 is 0 Å². The van der Waals surface area contributed by atoms with Crippen molar-refractivity contribution in [3.8, 4) is 5.75 Å². The number of hydrogen-bond donors (Lipinski definition) is 2. The van der Waals surface area contributed by atoms with E-state index in [1.54, 1.807) is 0 Å². The molecule has 2 saturated carbocycles. The molecule has 0 saturated heterocycles. The molecule has 0 aromatic heterocycles. The molecule has 2 fully saturated rings. The van der Waals surface area contributed by atoms with E-state index in [9.17, 15) is 10.2 Å². The van der Waals surface area contributed by atoms with E-state index < -0.39 is 0 Å². The third-order valence-corrected chi connectivity index (χ3v) is 7.68. The van der Waals surface area contributed by atoms with Crippen molar-refractivity contribution in [2.75, 3.05) is 0 Å². The monoisotopic (exact) mass is 284 g/mol. The van der Waals surface area contributed by atoms with Gasteiger partial charge in [-0.15, -0.1) is 0 Å². The highest BCUT2D eigenvalue weighted by Crippen LogP contribution is 2.66. The maximum absolute atomic E-state index is 10.8. The Balaban J connectivity index is 1.83. The Morgan fingerprint density at radius 1 is 1.19 bits per heavy atom. The maximum atomic E-state index is 10.8. The summed E-state index contributed by atoms with van der Waals surface area (Å²) in [6.45, 7) is 2.50. The molecular weight excluding hydrogens is 260 g/mol. The zero-order valence-electron chi connectivity index (χ0n) is 12.7. The van der Waals surface area contributed by atoms with Gasteiger partial charge in [-0.2, -0.15) is 0 Å². The highest BCUT2D eigenvalue weighted by atomic mass is 16.3. The smallest absolute Gasteiger partial charge is 0.119 e. The van der Waals surface area contributed by atoms with Crippen LogP contribution in [0.25, 0.3) is 0 Å². The average molecular weight is 284 g/mol. The number of phenols is 1. The lowest BCUT2D eigenvalue weighted by molar-refractivity contribution is 0.00390. The van der Waals surface area contributed by atoms with Gasteiger partial charge in [0.2, 0.25) is 0 Å². The highest BCUT2D eigenvalue weighted by molar-refractivity contribution is 5.50. The van der Waals surface area contributed by atoms with Crippen molar-refractivity contribution in [2.45, 2.75) is 57.5 Å². The molecule has 0 amide bonds. The van der Waals surface area contributed by atoms with Crippen LogP contribution in [0.15, 0.2) is 12.1 Å². The van der Waals surface area contributed by atoms with Crippen LogP contribution in [0, 0.1) is 23.2 Å². The van der Waals surface area contributed by atoms with Gasteiger partial charge >= 0.3 is 0 Å². The Bertz CT molecular complexity index is 622. The summed E-state index contributed by atoms with van der Waals surface area (Å²) in [7, 11) is 0. The lowest BCUT2D eigenvalue weighted by atomic mass is 9.55. The zero-order valence-corrected chi connectivity index (χ0v) is 12.7. The summed E-state index contributed by atoms with van der Waals surface area (Å²) in [5.41, 5.74) is 3.97. The topological polar surface area (TPSA) is 40.5 Å². The van der Waals surface area contributed by atoms with Crippen LogP contribution in [0.5, 0.6) is 5.75 Å². The van der Waals surface area contributed by atoms with Crippen molar-refractivity contribution in [1.82, 2.24) is 0 Å². The minimum atomic E-state index is -0.356. The number of aliphatic hydroxyl groups is 1. The van der Waals surface area contributed by atoms with Crippen LogP contribution in [0.4, 0.5) is 0 Å². The quantitative estimate of drug-likeness (QED) is 0.758. The predicted octanol–water partition coefficient (Wildman–Crippen LogP) is 3.91. The number of aromatic hydroxyl groups is 1. The second-order valence-corrected chi connectivity index (χ2v) is 8.22. The Morgan fingerprint density at radius 2 is 2.05 bits per heavy atom. The minimum Gasteiger partial charge on any atom is -0.508 e. The molecule has 0 spiro atoms. The van der Waals surface area contributed by atoms with Gasteiger partial charge in [-0.05, 0) is 84.8 Å². The molecule has 2 N–H and O–H groups in total.